The Morgan fingerprint density at radius 2 is 2.22 bits per heavy atom. The average Bonchev–Trinajstić information content (AvgIpc) is 2.58. The third-order valence-electron chi connectivity index (χ3n) is 3.52. The third-order valence-corrected chi connectivity index (χ3v) is 3.52. The van der Waals surface area contributed by atoms with Crippen LogP contribution in [0.25, 0.3) is 0 Å². The number of hydrogen-bond donors (Lipinski definition) is 1. The van der Waals surface area contributed by atoms with Gasteiger partial charge in [-0.15, -0.1) is 0 Å². The molecule has 0 aromatic heterocycles. The molecule has 1 heterocycles. The first-order valence-corrected chi connectivity index (χ1v) is 7.47. The fourth-order valence-electron chi connectivity index (χ4n) is 2.33. The van der Waals surface area contributed by atoms with E-state index >= 15 is 0 Å². The molecule has 1 aliphatic heterocycles. The predicted octanol–water partition coefficient (Wildman–Crippen LogP) is 1.03. The second kappa shape index (κ2) is 8.50. The molecular formula is C16H21NO6. The number of rotatable bonds is 7. The van der Waals surface area contributed by atoms with E-state index in [0.717, 1.165) is 6.42 Å². The molecule has 1 atom stereocenters. The highest BCUT2D eigenvalue weighted by atomic mass is 16.5. The van der Waals surface area contributed by atoms with Gasteiger partial charge in [0.2, 0.25) is 0 Å². The molecule has 0 radical (unpaired) electrons. The summed E-state index contributed by atoms with van der Waals surface area (Å²) in [4.78, 5) is 25.2. The molecule has 1 N–H and O–H groups in total. The van der Waals surface area contributed by atoms with Crippen LogP contribution in [0.5, 0.6) is 5.75 Å². The third kappa shape index (κ3) is 4.67. The molecule has 1 aliphatic rings. The number of nitrogens with zero attached hydrogens (tertiary/aromatic N) is 1. The van der Waals surface area contributed by atoms with Crippen molar-refractivity contribution in [1.29, 1.82) is 0 Å². The van der Waals surface area contributed by atoms with Crippen LogP contribution in [0.3, 0.4) is 0 Å². The van der Waals surface area contributed by atoms with Crippen molar-refractivity contribution in [2.45, 2.75) is 12.5 Å². The molecule has 1 fully saturated rings. The SMILES string of the molecule is COCCCOc1cccc(C(=O)N2CCOCC2C(=O)O)c1. The number of methoxy groups -OCH3 is 1. The Kier molecular flexibility index (Phi) is 6.37. The van der Waals surface area contributed by atoms with Gasteiger partial charge in [-0.1, -0.05) is 6.07 Å². The van der Waals surface area contributed by atoms with Gasteiger partial charge in [0.15, 0.2) is 6.04 Å². The second-order valence-electron chi connectivity index (χ2n) is 5.15. The maximum atomic E-state index is 12.6. The molecule has 0 bridgehead atoms. The summed E-state index contributed by atoms with van der Waals surface area (Å²) in [6, 6.07) is 5.80. The van der Waals surface area contributed by atoms with Crippen molar-refractivity contribution in [2.24, 2.45) is 0 Å². The number of ether oxygens (including phenoxy) is 3. The normalized spacial score (nSPS) is 17.8. The zero-order valence-electron chi connectivity index (χ0n) is 13.1. The molecule has 0 saturated carbocycles. The zero-order valence-corrected chi connectivity index (χ0v) is 13.1. The molecule has 126 valence electrons. The van der Waals surface area contributed by atoms with E-state index in [-0.39, 0.29) is 19.1 Å². The fraction of sp³-hybridized carbons (Fsp3) is 0.500. The highest BCUT2D eigenvalue weighted by Gasteiger charge is 2.33. The van der Waals surface area contributed by atoms with E-state index in [1.807, 2.05) is 0 Å². The van der Waals surface area contributed by atoms with Gasteiger partial charge in [-0.05, 0) is 18.2 Å². The van der Waals surface area contributed by atoms with Gasteiger partial charge in [0.25, 0.3) is 5.91 Å². The van der Waals surface area contributed by atoms with E-state index in [9.17, 15) is 14.7 Å². The Balaban J connectivity index is 2.04. The van der Waals surface area contributed by atoms with Crippen molar-refractivity contribution >= 4 is 11.9 Å². The van der Waals surface area contributed by atoms with E-state index < -0.39 is 12.0 Å². The van der Waals surface area contributed by atoms with Crippen LogP contribution in [-0.2, 0) is 14.3 Å². The lowest BCUT2D eigenvalue weighted by Crippen LogP contribution is -2.52. The second-order valence-corrected chi connectivity index (χ2v) is 5.15. The van der Waals surface area contributed by atoms with Crippen molar-refractivity contribution in [3.63, 3.8) is 0 Å². The highest BCUT2D eigenvalue weighted by Crippen LogP contribution is 2.18. The van der Waals surface area contributed by atoms with E-state index in [2.05, 4.69) is 0 Å². The maximum absolute atomic E-state index is 12.6. The number of morpholine rings is 1. The average molecular weight is 323 g/mol. The summed E-state index contributed by atoms with van der Waals surface area (Å²) >= 11 is 0. The Hall–Kier alpha value is -2.12. The Bertz CT molecular complexity index is 547. The molecule has 0 spiro atoms. The lowest BCUT2D eigenvalue weighted by molar-refractivity contribution is -0.147. The number of carbonyl (C=O) groups excluding carboxylic acids is 1. The number of aliphatic carboxylic acids is 1. The number of carboxylic acids is 1. The molecule has 1 aromatic carbocycles. The molecule has 23 heavy (non-hydrogen) atoms. The number of hydrogen-bond acceptors (Lipinski definition) is 5. The fourth-order valence-corrected chi connectivity index (χ4v) is 2.33. The quantitative estimate of drug-likeness (QED) is 0.754. The van der Waals surface area contributed by atoms with Crippen molar-refractivity contribution in [2.75, 3.05) is 40.1 Å². The van der Waals surface area contributed by atoms with E-state index in [1.165, 1.54) is 4.90 Å². The van der Waals surface area contributed by atoms with Crippen LogP contribution in [0.2, 0.25) is 0 Å². The number of benzene rings is 1. The first-order valence-electron chi connectivity index (χ1n) is 7.47. The lowest BCUT2D eigenvalue weighted by atomic mass is 10.1. The minimum atomic E-state index is -1.06. The Morgan fingerprint density at radius 3 is 2.96 bits per heavy atom. The van der Waals surface area contributed by atoms with E-state index in [4.69, 9.17) is 14.2 Å². The summed E-state index contributed by atoms with van der Waals surface area (Å²) in [5, 5.41) is 9.22. The molecule has 1 amide bonds. The smallest absolute Gasteiger partial charge is 0.328 e. The molecule has 1 unspecified atom stereocenters. The van der Waals surface area contributed by atoms with Crippen molar-refractivity contribution < 1.29 is 28.9 Å². The summed E-state index contributed by atoms with van der Waals surface area (Å²) in [6.45, 7) is 1.69. The molecule has 1 saturated heterocycles. The Morgan fingerprint density at radius 1 is 1.39 bits per heavy atom. The number of carboxylic acid groups (broad SMARTS) is 1. The van der Waals surface area contributed by atoms with Gasteiger partial charge in [-0.25, -0.2) is 4.79 Å². The minimum Gasteiger partial charge on any atom is -0.493 e. The summed E-state index contributed by atoms with van der Waals surface area (Å²) in [7, 11) is 1.63. The molecular weight excluding hydrogens is 302 g/mol. The molecule has 1 aromatic rings. The van der Waals surface area contributed by atoms with Crippen LogP contribution in [-0.4, -0.2) is 68.0 Å². The summed E-state index contributed by atoms with van der Waals surface area (Å²) in [5.41, 5.74) is 0.405. The summed E-state index contributed by atoms with van der Waals surface area (Å²) in [5.74, 6) is -0.819. The standard InChI is InChI=1S/C16H21NO6/c1-21-7-3-8-23-13-5-2-4-12(10-13)15(18)17-6-9-22-11-14(17)16(19)20/h2,4-5,10,14H,3,6-9,11H2,1H3,(H,19,20). The molecule has 2 rings (SSSR count). The topological polar surface area (TPSA) is 85.3 Å². The lowest BCUT2D eigenvalue weighted by Gasteiger charge is -2.32. The van der Waals surface area contributed by atoms with Crippen LogP contribution in [0.1, 0.15) is 16.8 Å². The van der Waals surface area contributed by atoms with Gasteiger partial charge in [0, 0.05) is 32.2 Å². The largest absolute Gasteiger partial charge is 0.493 e. The van der Waals surface area contributed by atoms with Gasteiger partial charge in [0.05, 0.1) is 19.8 Å². The Labute approximate surface area is 134 Å². The van der Waals surface area contributed by atoms with Crippen LogP contribution in [0, 0.1) is 0 Å². The van der Waals surface area contributed by atoms with Gasteiger partial charge >= 0.3 is 5.97 Å². The van der Waals surface area contributed by atoms with Crippen LogP contribution in [0.4, 0.5) is 0 Å². The van der Waals surface area contributed by atoms with Crippen molar-refractivity contribution in [3.05, 3.63) is 29.8 Å². The first-order chi connectivity index (χ1) is 11.1. The van der Waals surface area contributed by atoms with E-state index in [0.29, 0.717) is 31.1 Å². The highest BCUT2D eigenvalue weighted by molar-refractivity contribution is 5.97. The van der Waals surface area contributed by atoms with Crippen molar-refractivity contribution in [3.8, 4) is 5.75 Å². The van der Waals surface area contributed by atoms with Gasteiger partial charge in [0.1, 0.15) is 5.75 Å². The van der Waals surface area contributed by atoms with Gasteiger partial charge in [-0.3, -0.25) is 4.79 Å². The van der Waals surface area contributed by atoms with Gasteiger partial charge < -0.3 is 24.2 Å². The molecule has 7 nitrogen and oxygen atoms in total. The van der Waals surface area contributed by atoms with Crippen LogP contribution >= 0.6 is 0 Å². The van der Waals surface area contributed by atoms with Crippen LogP contribution in [0.15, 0.2) is 24.3 Å². The van der Waals surface area contributed by atoms with Gasteiger partial charge in [-0.2, -0.15) is 0 Å². The number of carbonyl (C=O) groups is 2. The predicted molar refractivity (Wildman–Crippen MR) is 81.7 cm³/mol. The zero-order chi connectivity index (χ0) is 16.7. The van der Waals surface area contributed by atoms with E-state index in [1.54, 1.807) is 31.4 Å². The first kappa shape index (κ1) is 17.2. The number of amides is 1. The van der Waals surface area contributed by atoms with Crippen LogP contribution < -0.4 is 4.74 Å². The maximum Gasteiger partial charge on any atom is 0.328 e. The monoisotopic (exact) mass is 323 g/mol. The van der Waals surface area contributed by atoms with Crippen molar-refractivity contribution in [1.82, 2.24) is 4.90 Å². The molecule has 7 heteroatoms. The molecule has 0 aliphatic carbocycles. The minimum absolute atomic E-state index is 0.00822. The summed E-state index contributed by atoms with van der Waals surface area (Å²) in [6.07, 6.45) is 0.749. The summed E-state index contributed by atoms with van der Waals surface area (Å²) < 4.78 is 15.7.